The van der Waals surface area contributed by atoms with Gasteiger partial charge >= 0.3 is 0 Å². The zero-order valence-electron chi connectivity index (χ0n) is 19.1. The third-order valence-electron chi connectivity index (χ3n) is 6.66. The number of carbonyl (C=O) groups is 2. The Morgan fingerprint density at radius 2 is 1.76 bits per heavy atom. The first kappa shape index (κ1) is 22.9. The van der Waals surface area contributed by atoms with Gasteiger partial charge in [0.15, 0.2) is 0 Å². The van der Waals surface area contributed by atoms with E-state index in [9.17, 15) is 9.59 Å². The highest BCUT2D eigenvalue weighted by atomic mass is 32.2. The molecule has 2 heterocycles. The van der Waals surface area contributed by atoms with E-state index in [1.165, 1.54) is 17.3 Å². The molecule has 34 heavy (non-hydrogen) atoms. The van der Waals surface area contributed by atoms with Gasteiger partial charge < -0.3 is 15.4 Å². The van der Waals surface area contributed by atoms with E-state index in [0.29, 0.717) is 30.3 Å². The van der Waals surface area contributed by atoms with Crippen LogP contribution in [0.5, 0.6) is 0 Å². The van der Waals surface area contributed by atoms with Crippen molar-refractivity contribution in [2.75, 3.05) is 25.5 Å². The second-order valence-electron chi connectivity index (χ2n) is 9.10. The normalized spacial score (nSPS) is 17.3. The summed E-state index contributed by atoms with van der Waals surface area (Å²) in [5, 5.41) is 7.73. The van der Waals surface area contributed by atoms with Crippen molar-refractivity contribution in [3.8, 4) is 0 Å². The van der Waals surface area contributed by atoms with Gasteiger partial charge in [-0.05, 0) is 43.4 Å². The van der Waals surface area contributed by atoms with Crippen molar-refractivity contribution in [3.63, 3.8) is 0 Å². The van der Waals surface area contributed by atoms with Gasteiger partial charge in [0.1, 0.15) is 0 Å². The summed E-state index contributed by atoms with van der Waals surface area (Å²) in [6, 6.07) is 20.1. The van der Waals surface area contributed by atoms with E-state index in [2.05, 4.69) is 27.8 Å². The number of thioether (sulfide) groups is 1. The van der Waals surface area contributed by atoms with Gasteiger partial charge in [-0.15, -0.1) is 0 Å². The van der Waals surface area contributed by atoms with Crippen LogP contribution in [-0.2, 0) is 14.9 Å². The topological polar surface area (TPSA) is 80.3 Å². The molecule has 2 aromatic carbocycles. The molecule has 1 saturated heterocycles. The van der Waals surface area contributed by atoms with Crippen LogP contribution in [0.25, 0.3) is 10.9 Å². The first-order valence-corrected chi connectivity index (χ1v) is 12.8. The molecule has 7 heteroatoms. The molecule has 2 aliphatic rings. The van der Waals surface area contributed by atoms with Crippen LogP contribution < -0.4 is 10.6 Å². The van der Waals surface area contributed by atoms with Gasteiger partial charge in [-0.3, -0.25) is 9.59 Å². The summed E-state index contributed by atoms with van der Waals surface area (Å²) >= 11 is 1.36. The van der Waals surface area contributed by atoms with Crippen LogP contribution in [0, 0.1) is 0 Å². The Bertz CT molecular complexity index is 1170. The zero-order chi connectivity index (χ0) is 23.4. The minimum atomic E-state index is -0.102. The van der Waals surface area contributed by atoms with E-state index in [4.69, 9.17) is 4.74 Å². The van der Waals surface area contributed by atoms with Crippen LogP contribution in [0.1, 0.15) is 41.6 Å². The van der Waals surface area contributed by atoms with Crippen LogP contribution in [0.4, 0.5) is 0 Å². The number of hydrogen-bond acceptors (Lipinski definition) is 5. The highest BCUT2D eigenvalue weighted by molar-refractivity contribution is 7.99. The number of carbonyl (C=O) groups excluding carboxylic acids is 2. The number of nitrogens with one attached hydrogen (secondary N) is 2. The molecule has 2 N–H and O–H groups in total. The fourth-order valence-electron chi connectivity index (χ4n) is 4.48. The molecular weight excluding hydrogens is 446 g/mol. The Morgan fingerprint density at radius 3 is 2.53 bits per heavy atom. The number of ether oxygens (including phenoxy) is 1. The summed E-state index contributed by atoms with van der Waals surface area (Å²) in [6.45, 7) is 1.98. The molecule has 5 rings (SSSR count). The number of aromatic nitrogens is 1. The molecule has 0 spiro atoms. The molecule has 0 atom stereocenters. The van der Waals surface area contributed by atoms with Crippen molar-refractivity contribution in [3.05, 3.63) is 71.8 Å². The van der Waals surface area contributed by atoms with E-state index in [0.717, 1.165) is 36.6 Å². The van der Waals surface area contributed by atoms with Crippen LogP contribution >= 0.6 is 11.8 Å². The molecule has 1 aliphatic carbocycles. The number of hydrogen-bond donors (Lipinski definition) is 2. The van der Waals surface area contributed by atoms with Gasteiger partial charge in [0, 0.05) is 36.6 Å². The number of nitrogens with zero attached hydrogens (tertiary/aromatic N) is 1. The lowest BCUT2D eigenvalue weighted by molar-refractivity contribution is -0.119. The van der Waals surface area contributed by atoms with Crippen molar-refractivity contribution in [1.29, 1.82) is 0 Å². The predicted octanol–water partition coefficient (Wildman–Crippen LogP) is 4.08. The number of benzene rings is 2. The SMILES string of the molecule is O=C(CSc1cc(C(=O)NC2CC2)c2ccccc2n1)NCC1(c2ccccc2)CCOCC1. The Labute approximate surface area is 203 Å². The fourth-order valence-corrected chi connectivity index (χ4v) is 5.23. The first-order valence-electron chi connectivity index (χ1n) is 11.9. The van der Waals surface area contributed by atoms with E-state index in [-0.39, 0.29) is 29.0 Å². The summed E-state index contributed by atoms with van der Waals surface area (Å²) in [5.74, 6) is 0.138. The maximum atomic E-state index is 12.8. The molecule has 6 nitrogen and oxygen atoms in total. The van der Waals surface area contributed by atoms with Gasteiger partial charge in [0.2, 0.25) is 5.91 Å². The standard InChI is InChI=1S/C27H29N3O3S/c31-24(28-18-27(12-14-33-15-13-27)19-6-2-1-3-7-19)17-34-25-16-22(26(32)29-20-10-11-20)21-8-4-5-9-23(21)30-25/h1-9,16,20H,10-15,17-18H2,(H,28,31)(H,29,32). The monoisotopic (exact) mass is 475 g/mol. The van der Waals surface area contributed by atoms with Gasteiger partial charge in [-0.25, -0.2) is 4.98 Å². The van der Waals surface area contributed by atoms with Crippen molar-refractivity contribution in [2.24, 2.45) is 0 Å². The molecule has 176 valence electrons. The molecule has 2 amide bonds. The Kier molecular flexibility index (Phi) is 6.83. The second kappa shape index (κ2) is 10.2. The maximum Gasteiger partial charge on any atom is 0.252 e. The molecule has 1 aromatic heterocycles. The lowest BCUT2D eigenvalue weighted by Crippen LogP contribution is -2.45. The maximum absolute atomic E-state index is 12.8. The summed E-state index contributed by atoms with van der Waals surface area (Å²) < 4.78 is 5.59. The number of fused-ring (bicyclic) bond motifs is 1. The van der Waals surface area contributed by atoms with Gasteiger partial charge in [-0.2, -0.15) is 0 Å². The molecule has 0 unspecified atom stereocenters. The Morgan fingerprint density at radius 1 is 1.03 bits per heavy atom. The number of rotatable bonds is 8. The summed E-state index contributed by atoms with van der Waals surface area (Å²) in [4.78, 5) is 30.3. The number of para-hydroxylation sites is 1. The van der Waals surface area contributed by atoms with Crippen LogP contribution in [-0.4, -0.2) is 48.4 Å². The largest absolute Gasteiger partial charge is 0.381 e. The molecule has 0 bridgehead atoms. The molecular formula is C27H29N3O3S. The summed E-state index contributed by atoms with van der Waals surface area (Å²) in [6.07, 6.45) is 3.84. The third-order valence-corrected chi connectivity index (χ3v) is 7.57. The van der Waals surface area contributed by atoms with Crippen molar-refractivity contribution < 1.29 is 14.3 Å². The number of amides is 2. The van der Waals surface area contributed by atoms with Gasteiger partial charge in [-0.1, -0.05) is 60.3 Å². The van der Waals surface area contributed by atoms with Gasteiger partial charge in [0.05, 0.1) is 21.9 Å². The zero-order valence-corrected chi connectivity index (χ0v) is 19.9. The molecule has 1 aliphatic heterocycles. The van der Waals surface area contributed by atoms with Crippen molar-refractivity contribution >= 4 is 34.5 Å². The molecule has 1 saturated carbocycles. The van der Waals surface area contributed by atoms with Crippen LogP contribution in [0.15, 0.2) is 65.7 Å². The highest BCUT2D eigenvalue weighted by Gasteiger charge is 2.34. The smallest absolute Gasteiger partial charge is 0.252 e. The van der Waals surface area contributed by atoms with E-state index in [1.54, 1.807) is 0 Å². The molecule has 2 fully saturated rings. The van der Waals surface area contributed by atoms with Crippen LogP contribution in [0.3, 0.4) is 0 Å². The summed E-state index contributed by atoms with van der Waals surface area (Å²) in [7, 11) is 0. The lowest BCUT2D eigenvalue weighted by Gasteiger charge is -2.38. The van der Waals surface area contributed by atoms with E-state index < -0.39 is 0 Å². The van der Waals surface area contributed by atoms with Crippen LogP contribution in [0.2, 0.25) is 0 Å². The second-order valence-corrected chi connectivity index (χ2v) is 10.1. The third kappa shape index (κ3) is 5.26. The fraction of sp³-hybridized carbons (Fsp3) is 0.370. The Balaban J connectivity index is 1.26. The van der Waals surface area contributed by atoms with E-state index in [1.807, 2.05) is 48.5 Å². The quantitative estimate of drug-likeness (QED) is 0.480. The predicted molar refractivity (Wildman–Crippen MR) is 134 cm³/mol. The van der Waals surface area contributed by atoms with E-state index >= 15 is 0 Å². The minimum Gasteiger partial charge on any atom is -0.381 e. The molecule has 3 aromatic rings. The van der Waals surface area contributed by atoms with Gasteiger partial charge in [0.25, 0.3) is 5.91 Å². The average Bonchev–Trinajstić information content (AvgIpc) is 3.71. The van der Waals surface area contributed by atoms with Crippen molar-refractivity contribution in [2.45, 2.75) is 42.2 Å². The Hall–Kier alpha value is -2.90. The number of pyridine rings is 1. The highest BCUT2D eigenvalue weighted by Crippen LogP contribution is 2.34. The molecule has 0 radical (unpaired) electrons. The van der Waals surface area contributed by atoms with Crippen molar-refractivity contribution in [1.82, 2.24) is 15.6 Å². The average molecular weight is 476 g/mol. The minimum absolute atomic E-state index is 0.0364. The first-order chi connectivity index (χ1) is 16.6. The summed E-state index contributed by atoms with van der Waals surface area (Å²) in [5.41, 5.74) is 2.52. The lowest BCUT2D eigenvalue weighted by atomic mass is 9.74.